The lowest BCUT2D eigenvalue weighted by molar-refractivity contribution is 0.273. The van der Waals surface area contributed by atoms with Crippen LogP contribution in [-0.4, -0.2) is 31.1 Å². The highest BCUT2D eigenvalue weighted by molar-refractivity contribution is 7.15. The van der Waals surface area contributed by atoms with Crippen molar-refractivity contribution in [3.8, 4) is 10.4 Å². The van der Waals surface area contributed by atoms with Crippen LogP contribution in [0.1, 0.15) is 18.7 Å². The van der Waals surface area contributed by atoms with Gasteiger partial charge in [0, 0.05) is 35.4 Å². The maximum absolute atomic E-state index is 3.52. The zero-order valence-corrected chi connectivity index (χ0v) is 13.4. The lowest BCUT2D eigenvalue weighted by Crippen LogP contribution is -2.33. The van der Waals surface area contributed by atoms with Crippen LogP contribution in [0, 0.1) is 0 Å². The van der Waals surface area contributed by atoms with Crippen molar-refractivity contribution in [2.75, 3.05) is 20.1 Å². The van der Waals surface area contributed by atoms with E-state index < -0.39 is 0 Å². The fourth-order valence-electron chi connectivity index (χ4n) is 1.96. The Labute approximate surface area is 126 Å². The van der Waals surface area contributed by atoms with Gasteiger partial charge in [0.1, 0.15) is 0 Å². The number of nitrogens with zero attached hydrogens (tertiary/aromatic N) is 1. The van der Waals surface area contributed by atoms with Gasteiger partial charge in [-0.15, -0.1) is 11.3 Å². The molecule has 0 fully saturated rings. The molecule has 0 radical (unpaired) electrons. The van der Waals surface area contributed by atoms with Crippen molar-refractivity contribution in [2.24, 2.45) is 0 Å². The highest BCUT2D eigenvalue weighted by Crippen LogP contribution is 2.27. The molecule has 0 bridgehead atoms. The average Bonchev–Trinajstić information content (AvgIpc) is 2.93. The first-order valence-corrected chi connectivity index (χ1v) is 8.03. The molecule has 0 aliphatic heterocycles. The molecule has 0 amide bonds. The molecule has 2 aromatic rings. The van der Waals surface area contributed by atoms with Crippen LogP contribution in [-0.2, 0) is 6.54 Å². The van der Waals surface area contributed by atoms with Gasteiger partial charge < -0.3 is 10.2 Å². The molecule has 0 saturated carbocycles. The molecular formula is C17H24N2S. The SMILES string of the molecule is CC(C)N(C)CCNCc1ccc(-c2ccccc2)s1. The van der Waals surface area contributed by atoms with Gasteiger partial charge in [0.2, 0.25) is 0 Å². The molecule has 1 heterocycles. The molecule has 1 aromatic heterocycles. The van der Waals surface area contributed by atoms with Crippen LogP contribution >= 0.6 is 11.3 Å². The summed E-state index contributed by atoms with van der Waals surface area (Å²) in [5.74, 6) is 0. The highest BCUT2D eigenvalue weighted by Gasteiger charge is 2.04. The third-order valence-electron chi connectivity index (χ3n) is 3.54. The summed E-state index contributed by atoms with van der Waals surface area (Å²) in [5, 5.41) is 3.52. The summed E-state index contributed by atoms with van der Waals surface area (Å²) in [4.78, 5) is 5.11. The van der Waals surface area contributed by atoms with Gasteiger partial charge in [0.15, 0.2) is 0 Å². The number of rotatable bonds is 7. The van der Waals surface area contributed by atoms with Crippen LogP contribution in [0.5, 0.6) is 0 Å². The van der Waals surface area contributed by atoms with E-state index in [2.05, 4.69) is 73.6 Å². The molecular weight excluding hydrogens is 264 g/mol. The second kappa shape index (κ2) is 7.58. The molecule has 108 valence electrons. The van der Waals surface area contributed by atoms with Crippen molar-refractivity contribution in [2.45, 2.75) is 26.4 Å². The van der Waals surface area contributed by atoms with E-state index in [0.29, 0.717) is 6.04 Å². The summed E-state index contributed by atoms with van der Waals surface area (Å²) < 4.78 is 0. The van der Waals surface area contributed by atoms with Crippen LogP contribution < -0.4 is 5.32 Å². The summed E-state index contributed by atoms with van der Waals surface area (Å²) in [5.41, 5.74) is 1.31. The molecule has 1 aromatic carbocycles. The van der Waals surface area contributed by atoms with Crippen LogP contribution in [0.2, 0.25) is 0 Å². The van der Waals surface area contributed by atoms with Gasteiger partial charge in [-0.2, -0.15) is 0 Å². The monoisotopic (exact) mass is 288 g/mol. The van der Waals surface area contributed by atoms with Crippen molar-refractivity contribution < 1.29 is 0 Å². The van der Waals surface area contributed by atoms with Gasteiger partial charge in [-0.3, -0.25) is 0 Å². The minimum atomic E-state index is 0.614. The van der Waals surface area contributed by atoms with Gasteiger partial charge in [0.25, 0.3) is 0 Å². The van der Waals surface area contributed by atoms with E-state index in [0.717, 1.165) is 19.6 Å². The first kappa shape index (κ1) is 15.2. The predicted octanol–water partition coefficient (Wildman–Crippen LogP) is 3.84. The number of benzene rings is 1. The van der Waals surface area contributed by atoms with E-state index in [1.165, 1.54) is 15.3 Å². The second-order valence-electron chi connectivity index (χ2n) is 5.38. The number of thiophene rings is 1. The van der Waals surface area contributed by atoms with Crippen molar-refractivity contribution in [3.63, 3.8) is 0 Å². The molecule has 3 heteroatoms. The molecule has 2 rings (SSSR count). The largest absolute Gasteiger partial charge is 0.311 e. The topological polar surface area (TPSA) is 15.3 Å². The second-order valence-corrected chi connectivity index (χ2v) is 6.55. The Bertz CT molecular complexity index is 505. The zero-order chi connectivity index (χ0) is 14.4. The maximum atomic E-state index is 3.52. The van der Waals surface area contributed by atoms with E-state index in [-0.39, 0.29) is 0 Å². The Hall–Kier alpha value is -1.16. The van der Waals surface area contributed by atoms with E-state index in [1.54, 1.807) is 0 Å². The van der Waals surface area contributed by atoms with Crippen LogP contribution in [0.4, 0.5) is 0 Å². The first-order valence-electron chi connectivity index (χ1n) is 7.22. The van der Waals surface area contributed by atoms with E-state index in [4.69, 9.17) is 0 Å². The third kappa shape index (κ3) is 4.44. The molecule has 20 heavy (non-hydrogen) atoms. The summed E-state index contributed by atoms with van der Waals surface area (Å²) in [7, 11) is 2.17. The molecule has 0 atom stereocenters. The molecule has 0 saturated heterocycles. The predicted molar refractivity (Wildman–Crippen MR) is 89.2 cm³/mol. The van der Waals surface area contributed by atoms with Crippen molar-refractivity contribution in [1.82, 2.24) is 10.2 Å². The van der Waals surface area contributed by atoms with Gasteiger partial charge in [-0.05, 0) is 38.6 Å². The Morgan fingerprint density at radius 3 is 2.55 bits per heavy atom. The van der Waals surface area contributed by atoms with E-state index in [1.807, 2.05) is 11.3 Å². The normalized spacial score (nSPS) is 11.4. The van der Waals surface area contributed by atoms with E-state index >= 15 is 0 Å². The first-order chi connectivity index (χ1) is 9.66. The van der Waals surface area contributed by atoms with Crippen LogP contribution in [0.25, 0.3) is 10.4 Å². The number of hydrogen-bond donors (Lipinski definition) is 1. The fourth-order valence-corrected chi connectivity index (χ4v) is 2.94. The molecule has 0 aliphatic carbocycles. The third-order valence-corrected chi connectivity index (χ3v) is 4.68. The van der Waals surface area contributed by atoms with Gasteiger partial charge in [0.05, 0.1) is 0 Å². The molecule has 1 N–H and O–H groups in total. The number of hydrogen-bond acceptors (Lipinski definition) is 3. The zero-order valence-electron chi connectivity index (χ0n) is 12.6. The van der Waals surface area contributed by atoms with Gasteiger partial charge in [-0.25, -0.2) is 0 Å². The van der Waals surface area contributed by atoms with E-state index in [9.17, 15) is 0 Å². The Kier molecular flexibility index (Phi) is 5.77. The molecule has 2 nitrogen and oxygen atoms in total. The maximum Gasteiger partial charge on any atom is 0.0346 e. The molecule has 0 spiro atoms. The smallest absolute Gasteiger partial charge is 0.0346 e. The summed E-state index contributed by atoms with van der Waals surface area (Å²) in [6.07, 6.45) is 0. The quantitative estimate of drug-likeness (QED) is 0.779. The summed E-state index contributed by atoms with van der Waals surface area (Å²) in [6, 6.07) is 15.6. The number of nitrogens with one attached hydrogen (secondary N) is 1. The van der Waals surface area contributed by atoms with Gasteiger partial charge in [-0.1, -0.05) is 30.3 Å². The molecule has 0 aliphatic rings. The standard InChI is InChI=1S/C17H24N2S/c1-14(2)19(3)12-11-18-13-16-9-10-17(20-16)15-7-5-4-6-8-15/h4-10,14,18H,11-13H2,1-3H3. The summed E-state index contributed by atoms with van der Waals surface area (Å²) in [6.45, 7) is 7.54. The van der Waals surface area contributed by atoms with Crippen molar-refractivity contribution >= 4 is 11.3 Å². The Morgan fingerprint density at radius 2 is 1.85 bits per heavy atom. The van der Waals surface area contributed by atoms with Crippen LogP contribution in [0.15, 0.2) is 42.5 Å². The van der Waals surface area contributed by atoms with Crippen molar-refractivity contribution in [3.05, 3.63) is 47.3 Å². The lowest BCUT2D eigenvalue weighted by Gasteiger charge is -2.20. The minimum absolute atomic E-state index is 0.614. The molecule has 0 unspecified atom stereocenters. The van der Waals surface area contributed by atoms with Gasteiger partial charge >= 0.3 is 0 Å². The Morgan fingerprint density at radius 1 is 1.10 bits per heavy atom. The van der Waals surface area contributed by atoms with Crippen molar-refractivity contribution in [1.29, 1.82) is 0 Å². The highest BCUT2D eigenvalue weighted by atomic mass is 32.1. The number of likely N-dealkylation sites (N-methyl/N-ethyl adjacent to an activating group) is 1. The summed E-state index contributed by atoms with van der Waals surface area (Å²) >= 11 is 1.88. The Balaban J connectivity index is 1.79. The minimum Gasteiger partial charge on any atom is -0.311 e. The lowest BCUT2D eigenvalue weighted by atomic mass is 10.2. The average molecular weight is 288 g/mol. The van der Waals surface area contributed by atoms with Crippen LogP contribution in [0.3, 0.4) is 0 Å². The fraction of sp³-hybridized carbons (Fsp3) is 0.412.